The van der Waals surface area contributed by atoms with E-state index in [2.05, 4.69) is 20.8 Å². The van der Waals surface area contributed by atoms with Crippen LogP contribution in [-0.4, -0.2) is 41.7 Å². The maximum atomic E-state index is 12.7. The smallest absolute Gasteiger partial charge is 0.344 e. The summed E-state index contributed by atoms with van der Waals surface area (Å²) in [6.45, 7) is 2.22. The molecule has 0 bridgehead atoms. The van der Waals surface area contributed by atoms with Crippen molar-refractivity contribution >= 4 is 35.2 Å². The third kappa shape index (κ3) is 5.16. The van der Waals surface area contributed by atoms with E-state index < -0.39 is 17.5 Å². The van der Waals surface area contributed by atoms with Gasteiger partial charge in [-0.25, -0.2) is 4.79 Å². The maximum absolute atomic E-state index is 12.7. The molecule has 1 aromatic carbocycles. The highest BCUT2D eigenvalue weighted by Crippen LogP contribution is 2.27. The summed E-state index contributed by atoms with van der Waals surface area (Å²) in [6.07, 6.45) is 2.75. The predicted molar refractivity (Wildman–Crippen MR) is 103 cm³/mol. The number of thiocarbonyl (C=S) groups is 1. The minimum atomic E-state index is -1.14. The Bertz CT molecular complexity index is 713. The minimum Gasteiger partial charge on any atom is -0.469 e. The summed E-state index contributed by atoms with van der Waals surface area (Å²) in [4.78, 5) is 36.0. The van der Waals surface area contributed by atoms with Gasteiger partial charge in [-0.1, -0.05) is 36.8 Å². The Morgan fingerprint density at radius 2 is 1.93 bits per heavy atom. The van der Waals surface area contributed by atoms with Crippen LogP contribution in [0.4, 0.5) is 4.79 Å². The topological polar surface area (TPSA) is 99.8 Å². The number of rotatable bonds is 8. The standard InChI is InChI=1S/C18H24N4O4S/c1-18(13-9-5-3-6-10-13)15(24)22(17(25)20-18)21-16(27)19-12-8-4-7-11-14(23)26-2/h3,5-6,9-10H,4,7-8,11-12H2,1-2H3,(H,20,25)(H2,19,21,27)/t18-/m0/s1. The van der Waals surface area contributed by atoms with Gasteiger partial charge in [0.2, 0.25) is 0 Å². The molecule has 1 aliphatic rings. The van der Waals surface area contributed by atoms with E-state index in [0.29, 0.717) is 18.5 Å². The fraction of sp³-hybridized carbons (Fsp3) is 0.444. The molecule has 1 fully saturated rings. The molecule has 1 atom stereocenters. The molecule has 8 nitrogen and oxygen atoms in total. The van der Waals surface area contributed by atoms with Gasteiger partial charge in [0.15, 0.2) is 5.11 Å². The molecule has 9 heteroatoms. The van der Waals surface area contributed by atoms with Crippen LogP contribution in [0.1, 0.15) is 38.2 Å². The molecule has 0 unspecified atom stereocenters. The maximum Gasteiger partial charge on any atom is 0.344 e. The molecule has 1 saturated heterocycles. The number of carbonyl (C=O) groups is 3. The minimum absolute atomic E-state index is 0.184. The third-order valence-electron chi connectivity index (χ3n) is 4.33. The first-order valence-corrected chi connectivity index (χ1v) is 9.13. The summed E-state index contributed by atoms with van der Waals surface area (Å²) in [5.41, 5.74) is 2.19. The number of carbonyl (C=O) groups excluding carboxylic acids is 3. The number of nitrogens with one attached hydrogen (secondary N) is 3. The SMILES string of the molecule is COC(=O)CCCCCNC(=S)NN1C(=O)N[C@@](C)(c2ccccc2)C1=O. The molecule has 3 N–H and O–H groups in total. The molecule has 0 aromatic heterocycles. The molecule has 0 aliphatic carbocycles. The number of nitrogens with zero attached hydrogens (tertiary/aromatic N) is 1. The van der Waals surface area contributed by atoms with Gasteiger partial charge in [0, 0.05) is 13.0 Å². The van der Waals surface area contributed by atoms with E-state index in [1.165, 1.54) is 7.11 Å². The number of esters is 1. The Labute approximate surface area is 163 Å². The van der Waals surface area contributed by atoms with Crippen molar-refractivity contribution < 1.29 is 19.1 Å². The van der Waals surface area contributed by atoms with Gasteiger partial charge in [-0.15, -0.1) is 0 Å². The van der Waals surface area contributed by atoms with Crippen LogP contribution in [0.2, 0.25) is 0 Å². The average Bonchev–Trinajstić information content (AvgIpc) is 2.89. The molecule has 2 rings (SSSR count). The molecule has 146 valence electrons. The molecule has 0 radical (unpaired) electrons. The Kier molecular flexibility index (Phi) is 7.12. The van der Waals surface area contributed by atoms with E-state index in [4.69, 9.17) is 12.2 Å². The van der Waals surface area contributed by atoms with Crippen molar-refractivity contribution in [1.29, 1.82) is 0 Å². The van der Waals surface area contributed by atoms with Crippen molar-refractivity contribution in [2.75, 3.05) is 13.7 Å². The first-order chi connectivity index (χ1) is 12.9. The zero-order valence-corrected chi connectivity index (χ0v) is 16.2. The molecule has 0 saturated carbocycles. The second kappa shape index (κ2) is 9.31. The Morgan fingerprint density at radius 1 is 1.22 bits per heavy atom. The van der Waals surface area contributed by atoms with E-state index >= 15 is 0 Å². The number of ether oxygens (including phenoxy) is 1. The largest absolute Gasteiger partial charge is 0.469 e. The van der Waals surface area contributed by atoms with Gasteiger partial charge < -0.3 is 15.4 Å². The van der Waals surface area contributed by atoms with E-state index in [0.717, 1.165) is 24.3 Å². The van der Waals surface area contributed by atoms with E-state index in [9.17, 15) is 14.4 Å². The van der Waals surface area contributed by atoms with Crippen LogP contribution in [0.15, 0.2) is 30.3 Å². The lowest BCUT2D eigenvalue weighted by Gasteiger charge is -2.22. The zero-order chi connectivity index (χ0) is 19.9. The summed E-state index contributed by atoms with van der Waals surface area (Å²) in [7, 11) is 1.37. The zero-order valence-electron chi connectivity index (χ0n) is 15.4. The fourth-order valence-corrected chi connectivity index (χ4v) is 2.92. The normalized spacial score (nSPS) is 18.8. The fourth-order valence-electron chi connectivity index (χ4n) is 2.72. The van der Waals surface area contributed by atoms with Crippen LogP contribution in [0.25, 0.3) is 0 Å². The van der Waals surface area contributed by atoms with Crippen LogP contribution < -0.4 is 16.1 Å². The molecule has 1 aromatic rings. The lowest BCUT2D eigenvalue weighted by atomic mass is 9.92. The van der Waals surface area contributed by atoms with Crippen molar-refractivity contribution in [2.45, 2.75) is 38.1 Å². The highest BCUT2D eigenvalue weighted by molar-refractivity contribution is 7.80. The van der Waals surface area contributed by atoms with Crippen molar-refractivity contribution in [3.63, 3.8) is 0 Å². The molecule has 1 heterocycles. The van der Waals surface area contributed by atoms with E-state index in [-0.39, 0.29) is 11.1 Å². The lowest BCUT2D eigenvalue weighted by molar-refractivity contribution is -0.140. The third-order valence-corrected chi connectivity index (χ3v) is 4.56. The van der Waals surface area contributed by atoms with Gasteiger partial charge in [-0.05, 0) is 37.5 Å². The number of benzene rings is 1. The van der Waals surface area contributed by atoms with Crippen LogP contribution in [0.3, 0.4) is 0 Å². The number of urea groups is 1. The molecular weight excluding hydrogens is 368 g/mol. The van der Waals surface area contributed by atoms with Crippen LogP contribution in [0.5, 0.6) is 0 Å². The lowest BCUT2D eigenvalue weighted by Crippen LogP contribution is -2.51. The van der Waals surface area contributed by atoms with Gasteiger partial charge in [0.05, 0.1) is 7.11 Å². The van der Waals surface area contributed by atoms with Crippen molar-refractivity contribution in [2.24, 2.45) is 0 Å². The Hall–Kier alpha value is -2.68. The van der Waals surface area contributed by atoms with Gasteiger partial charge in [0.1, 0.15) is 5.54 Å². The highest BCUT2D eigenvalue weighted by Gasteiger charge is 2.49. The second-order valence-electron chi connectivity index (χ2n) is 6.32. The van der Waals surface area contributed by atoms with E-state index in [1.54, 1.807) is 19.1 Å². The Balaban J connectivity index is 1.80. The summed E-state index contributed by atoms with van der Waals surface area (Å²) < 4.78 is 4.58. The number of hydrogen-bond donors (Lipinski definition) is 3. The summed E-state index contributed by atoms with van der Waals surface area (Å²) >= 11 is 5.16. The number of hydrogen-bond acceptors (Lipinski definition) is 5. The molecule has 0 spiro atoms. The number of unbranched alkanes of at least 4 members (excludes halogenated alkanes) is 2. The molecule has 1 aliphatic heterocycles. The van der Waals surface area contributed by atoms with E-state index in [1.807, 2.05) is 18.2 Å². The van der Waals surface area contributed by atoms with Crippen LogP contribution in [-0.2, 0) is 19.9 Å². The van der Waals surface area contributed by atoms with Crippen molar-refractivity contribution in [3.8, 4) is 0 Å². The second-order valence-corrected chi connectivity index (χ2v) is 6.72. The van der Waals surface area contributed by atoms with Crippen LogP contribution >= 0.6 is 12.2 Å². The number of hydrazine groups is 1. The first kappa shape index (κ1) is 20.6. The molecule has 3 amide bonds. The Morgan fingerprint density at radius 3 is 2.59 bits per heavy atom. The van der Waals surface area contributed by atoms with Crippen molar-refractivity contribution in [3.05, 3.63) is 35.9 Å². The van der Waals surface area contributed by atoms with Gasteiger partial charge in [-0.2, -0.15) is 5.01 Å². The first-order valence-electron chi connectivity index (χ1n) is 8.72. The van der Waals surface area contributed by atoms with Crippen molar-refractivity contribution in [1.82, 2.24) is 21.1 Å². The van der Waals surface area contributed by atoms with Crippen LogP contribution in [0, 0.1) is 0 Å². The number of amides is 3. The van der Waals surface area contributed by atoms with Gasteiger partial charge >= 0.3 is 12.0 Å². The monoisotopic (exact) mass is 392 g/mol. The molecule has 27 heavy (non-hydrogen) atoms. The number of methoxy groups -OCH3 is 1. The predicted octanol–water partition coefficient (Wildman–Crippen LogP) is 1.57. The summed E-state index contributed by atoms with van der Waals surface area (Å²) in [6, 6.07) is 8.46. The average molecular weight is 392 g/mol. The van der Waals surface area contributed by atoms with Gasteiger partial charge in [0.25, 0.3) is 5.91 Å². The quantitative estimate of drug-likeness (QED) is 0.267. The summed E-state index contributed by atoms with van der Waals surface area (Å²) in [5.74, 6) is -0.652. The highest BCUT2D eigenvalue weighted by atomic mass is 32.1. The molecular formula is C18H24N4O4S. The summed E-state index contributed by atoms with van der Waals surface area (Å²) in [5, 5.41) is 6.72. The number of imide groups is 1. The van der Waals surface area contributed by atoms with Gasteiger partial charge in [-0.3, -0.25) is 15.0 Å².